The highest BCUT2D eigenvalue weighted by Gasteiger charge is 2.22. The fraction of sp³-hybridized carbons (Fsp3) is 0.412. The lowest BCUT2D eigenvalue weighted by Gasteiger charge is -2.36. The van der Waals surface area contributed by atoms with E-state index in [0.717, 1.165) is 62.4 Å². The number of H-pyrrole nitrogens is 1. The lowest BCUT2D eigenvalue weighted by atomic mass is 10.2. The molecular weight excluding hydrogens is 295 g/mol. The van der Waals surface area contributed by atoms with Gasteiger partial charge in [-0.05, 0) is 43.5 Å². The van der Waals surface area contributed by atoms with Crippen molar-refractivity contribution in [3.05, 3.63) is 51.7 Å². The number of fused-ring (bicyclic) bond motifs is 1. The zero-order chi connectivity index (χ0) is 15.8. The third kappa shape index (κ3) is 2.69. The number of rotatable bonds is 2. The number of aromatic nitrogens is 2. The van der Waals surface area contributed by atoms with Gasteiger partial charge in [0.15, 0.2) is 0 Å². The van der Waals surface area contributed by atoms with Gasteiger partial charge in [-0.1, -0.05) is 0 Å². The molecule has 1 saturated heterocycles. The number of aromatic amines is 1. The molecule has 0 saturated carbocycles. The van der Waals surface area contributed by atoms with Crippen molar-refractivity contribution < 1.29 is 4.39 Å². The van der Waals surface area contributed by atoms with Crippen molar-refractivity contribution in [1.29, 1.82) is 0 Å². The average molecular weight is 314 g/mol. The summed E-state index contributed by atoms with van der Waals surface area (Å²) in [6.07, 6.45) is 2.77. The molecule has 1 N–H and O–H groups in total. The van der Waals surface area contributed by atoms with Crippen LogP contribution in [-0.2, 0) is 12.8 Å². The molecule has 120 valence electrons. The minimum Gasteiger partial charge on any atom is -0.368 e. The molecule has 4 rings (SSSR count). The highest BCUT2D eigenvalue weighted by atomic mass is 19.1. The molecule has 1 aliphatic carbocycles. The molecule has 1 aromatic heterocycles. The van der Waals surface area contributed by atoms with Gasteiger partial charge in [-0.25, -0.2) is 9.37 Å². The topological polar surface area (TPSA) is 52.2 Å². The van der Waals surface area contributed by atoms with Gasteiger partial charge < -0.3 is 9.80 Å². The highest BCUT2D eigenvalue weighted by molar-refractivity contribution is 5.48. The fourth-order valence-electron chi connectivity index (χ4n) is 3.41. The van der Waals surface area contributed by atoms with Gasteiger partial charge in [0.05, 0.1) is 5.69 Å². The lowest BCUT2D eigenvalue weighted by molar-refractivity contribution is 0.622. The first-order valence-electron chi connectivity index (χ1n) is 8.08. The van der Waals surface area contributed by atoms with E-state index in [9.17, 15) is 9.18 Å². The summed E-state index contributed by atoms with van der Waals surface area (Å²) in [6, 6.07) is 6.59. The van der Waals surface area contributed by atoms with Gasteiger partial charge in [-0.3, -0.25) is 9.78 Å². The van der Waals surface area contributed by atoms with E-state index >= 15 is 0 Å². The first kappa shape index (κ1) is 14.2. The SMILES string of the molecule is O=c1[nH]c(N2CCN(c3ccc(F)cc3)CC2)nc2c1CCC2. The summed E-state index contributed by atoms with van der Waals surface area (Å²) in [5.41, 5.74) is 2.87. The van der Waals surface area contributed by atoms with Gasteiger partial charge in [-0.2, -0.15) is 0 Å². The number of benzene rings is 1. The summed E-state index contributed by atoms with van der Waals surface area (Å²) >= 11 is 0. The Morgan fingerprint density at radius 1 is 1.00 bits per heavy atom. The van der Waals surface area contributed by atoms with Crippen molar-refractivity contribution in [1.82, 2.24) is 9.97 Å². The fourth-order valence-corrected chi connectivity index (χ4v) is 3.41. The molecular formula is C17H19FN4O. The van der Waals surface area contributed by atoms with Crippen LogP contribution in [0.5, 0.6) is 0 Å². The lowest BCUT2D eigenvalue weighted by Crippen LogP contribution is -2.47. The van der Waals surface area contributed by atoms with E-state index < -0.39 is 0 Å². The smallest absolute Gasteiger partial charge is 0.255 e. The van der Waals surface area contributed by atoms with Gasteiger partial charge in [0.25, 0.3) is 5.56 Å². The highest BCUT2D eigenvalue weighted by Crippen LogP contribution is 2.21. The van der Waals surface area contributed by atoms with Gasteiger partial charge in [0.1, 0.15) is 5.82 Å². The molecule has 2 aliphatic rings. The number of hydrogen-bond donors (Lipinski definition) is 1. The zero-order valence-electron chi connectivity index (χ0n) is 12.9. The maximum absolute atomic E-state index is 13.0. The van der Waals surface area contributed by atoms with E-state index in [1.54, 1.807) is 12.1 Å². The van der Waals surface area contributed by atoms with Gasteiger partial charge >= 0.3 is 0 Å². The van der Waals surface area contributed by atoms with Crippen LogP contribution in [0.1, 0.15) is 17.7 Å². The van der Waals surface area contributed by atoms with Crippen molar-refractivity contribution in [3.63, 3.8) is 0 Å². The maximum atomic E-state index is 13.0. The first-order chi connectivity index (χ1) is 11.2. The molecule has 2 aromatic rings. The minimum absolute atomic E-state index is 0.0171. The molecule has 0 amide bonds. The number of nitrogens with one attached hydrogen (secondary N) is 1. The van der Waals surface area contributed by atoms with Gasteiger partial charge in [0.2, 0.25) is 5.95 Å². The van der Waals surface area contributed by atoms with Crippen molar-refractivity contribution in [2.75, 3.05) is 36.0 Å². The van der Waals surface area contributed by atoms with E-state index in [1.807, 2.05) is 0 Å². The normalized spacial score (nSPS) is 17.4. The second kappa shape index (κ2) is 5.68. The molecule has 2 heterocycles. The number of anilines is 2. The molecule has 5 nitrogen and oxygen atoms in total. The Hall–Kier alpha value is -2.37. The van der Waals surface area contributed by atoms with Crippen LogP contribution >= 0.6 is 0 Å². The Kier molecular flexibility index (Phi) is 3.52. The van der Waals surface area contributed by atoms with Crippen LogP contribution in [0.15, 0.2) is 29.1 Å². The van der Waals surface area contributed by atoms with Crippen LogP contribution in [0.25, 0.3) is 0 Å². The summed E-state index contributed by atoms with van der Waals surface area (Å²) in [7, 11) is 0. The largest absolute Gasteiger partial charge is 0.368 e. The predicted molar refractivity (Wildman–Crippen MR) is 87.7 cm³/mol. The molecule has 0 bridgehead atoms. The summed E-state index contributed by atoms with van der Waals surface area (Å²) < 4.78 is 13.0. The minimum atomic E-state index is -0.215. The number of hydrogen-bond acceptors (Lipinski definition) is 4. The number of halogens is 1. The van der Waals surface area contributed by atoms with Crippen LogP contribution < -0.4 is 15.4 Å². The second-order valence-corrected chi connectivity index (χ2v) is 6.12. The van der Waals surface area contributed by atoms with Crippen LogP contribution in [0.3, 0.4) is 0 Å². The molecule has 0 spiro atoms. The Bertz CT molecular complexity index is 763. The summed E-state index contributed by atoms with van der Waals surface area (Å²) in [5, 5.41) is 0. The maximum Gasteiger partial charge on any atom is 0.255 e. The summed E-state index contributed by atoms with van der Waals surface area (Å²) in [5.74, 6) is 0.474. The summed E-state index contributed by atoms with van der Waals surface area (Å²) in [6.45, 7) is 3.23. The molecule has 6 heteroatoms. The molecule has 0 radical (unpaired) electrons. The molecule has 0 unspecified atom stereocenters. The van der Waals surface area contributed by atoms with Crippen LogP contribution in [-0.4, -0.2) is 36.1 Å². The first-order valence-corrected chi connectivity index (χ1v) is 8.08. The van der Waals surface area contributed by atoms with E-state index in [1.165, 1.54) is 12.1 Å². The molecule has 1 aliphatic heterocycles. The van der Waals surface area contributed by atoms with Crippen molar-refractivity contribution in [3.8, 4) is 0 Å². The van der Waals surface area contributed by atoms with Crippen molar-refractivity contribution >= 4 is 11.6 Å². The summed E-state index contributed by atoms with van der Waals surface area (Å²) in [4.78, 5) is 24.1. The van der Waals surface area contributed by atoms with Crippen molar-refractivity contribution in [2.24, 2.45) is 0 Å². The Morgan fingerprint density at radius 3 is 2.43 bits per heavy atom. The van der Waals surface area contributed by atoms with E-state index in [4.69, 9.17) is 0 Å². The van der Waals surface area contributed by atoms with Crippen molar-refractivity contribution in [2.45, 2.75) is 19.3 Å². The van der Waals surface area contributed by atoms with E-state index in [2.05, 4.69) is 19.8 Å². The number of nitrogens with zero attached hydrogens (tertiary/aromatic N) is 3. The van der Waals surface area contributed by atoms with Crippen LogP contribution in [0.2, 0.25) is 0 Å². The number of aryl methyl sites for hydroxylation is 1. The van der Waals surface area contributed by atoms with Crippen LogP contribution in [0.4, 0.5) is 16.0 Å². The predicted octanol–water partition coefficient (Wildman–Crippen LogP) is 1.72. The zero-order valence-corrected chi connectivity index (χ0v) is 12.9. The standard InChI is InChI=1S/C17H19FN4O/c18-12-4-6-13(7-5-12)21-8-10-22(11-9-21)17-19-15-3-1-2-14(15)16(23)20-17/h4-7H,1-3,8-11H2,(H,19,20,23). The van der Waals surface area contributed by atoms with E-state index in [-0.39, 0.29) is 11.4 Å². The Morgan fingerprint density at radius 2 is 1.70 bits per heavy atom. The van der Waals surface area contributed by atoms with Gasteiger partial charge in [0, 0.05) is 37.4 Å². The Balaban J connectivity index is 1.48. The third-order valence-electron chi connectivity index (χ3n) is 4.70. The quantitative estimate of drug-likeness (QED) is 0.917. The molecule has 1 aromatic carbocycles. The third-order valence-corrected chi connectivity index (χ3v) is 4.70. The molecule has 1 fully saturated rings. The number of piperazine rings is 1. The second-order valence-electron chi connectivity index (χ2n) is 6.12. The van der Waals surface area contributed by atoms with Gasteiger partial charge in [-0.15, -0.1) is 0 Å². The van der Waals surface area contributed by atoms with Crippen LogP contribution in [0, 0.1) is 5.82 Å². The molecule has 0 atom stereocenters. The van der Waals surface area contributed by atoms with E-state index in [0.29, 0.717) is 5.95 Å². The molecule has 23 heavy (non-hydrogen) atoms. The monoisotopic (exact) mass is 314 g/mol. The average Bonchev–Trinajstić information content (AvgIpc) is 3.05. The Labute approximate surface area is 133 Å².